The number of nitrogens with one attached hydrogen (secondary N) is 3. The van der Waals surface area contributed by atoms with Crippen molar-refractivity contribution in [1.29, 1.82) is 0 Å². The van der Waals surface area contributed by atoms with E-state index >= 15 is 0 Å². The predicted octanol–water partition coefficient (Wildman–Crippen LogP) is 0.964. The number of hydrogen-bond donors (Lipinski definition) is 3. The molecule has 1 unspecified atom stereocenters. The number of carbonyl (C=O) groups is 2. The number of carbonyl (C=O) groups excluding carboxylic acids is 2. The molecule has 2 amide bonds. The Balaban J connectivity index is 2.56. The Morgan fingerprint density at radius 2 is 1.57 bits per heavy atom. The summed E-state index contributed by atoms with van der Waals surface area (Å²) in [5.74, 6) is -0.0960. The third kappa shape index (κ3) is 6.82. The standard InChI is InChI=1S/C18H29N3O2/c1-6-19-16(22)12-21(7-2)13-17(23)20-15-10-8-14(9-11-15)18(3,4)5/h8-11H,6-7,12-13H2,1-5H3,(H,19,22)(H,20,23)/p+1. The molecule has 0 bridgehead atoms. The van der Waals surface area contributed by atoms with E-state index in [1.165, 1.54) is 5.56 Å². The fourth-order valence-corrected chi connectivity index (χ4v) is 2.29. The summed E-state index contributed by atoms with van der Waals surface area (Å²) in [5, 5.41) is 5.66. The van der Waals surface area contributed by atoms with Gasteiger partial charge in [-0.1, -0.05) is 32.9 Å². The fraction of sp³-hybridized carbons (Fsp3) is 0.556. The van der Waals surface area contributed by atoms with Gasteiger partial charge >= 0.3 is 0 Å². The molecule has 0 aliphatic heterocycles. The molecule has 1 atom stereocenters. The van der Waals surface area contributed by atoms with Crippen molar-refractivity contribution in [1.82, 2.24) is 5.32 Å². The van der Waals surface area contributed by atoms with Crippen LogP contribution in [0, 0.1) is 0 Å². The second-order valence-corrected chi connectivity index (χ2v) is 6.79. The smallest absolute Gasteiger partial charge is 0.279 e. The van der Waals surface area contributed by atoms with Crippen LogP contribution in [0.25, 0.3) is 0 Å². The number of anilines is 1. The normalized spacial score (nSPS) is 12.6. The zero-order chi connectivity index (χ0) is 17.5. The molecular weight excluding hydrogens is 290 g/mol. The van der Waals surface area contributed by atoms with Gasteiger partial charge in [0, 0.05) is 12.2 Å². The first kappa shape index (κ1) is 19.2. The molecule has 0 saturated heterocycles. The molecule has 1 aromatic carbocycles. The van der Waals surface area contributed by atoms with E-state index in [1.54, 1.807) is 0 Å². The van der Waals surface area contributed by atoms with Crippen LogP contribution in [-0.4, -0.2) is 38.0 Å². The van der Waals surface area contributed by atoms with Crippen LogP contribution in [-0.2, 0) is 15.0 Å². The Hall–Kier alpha value is -1.88. The average Bonchev–Trinajstić information content (AvgIpc) is 2.46. The van der Waals surface area contributed by atoms with E-state index in [2.05, 4.69) is 31.4 Å². The number of amides is 2. The van der Waals surface area contributed by atoms with Gasteiger partial charge in [0.25, 0.3) is 11.8 Å². The van der Waals surface area contributed by atoms with E-state index in [-0.39, 0.29) is 23.8 Å². The first-order valence-electron chi connectivity index (χ1n) is 8.27. The van der Waals surface area contributed by atoms with Crippen molar-refractivity contribution in [3.8, 4) is 0 Å². The Kier molecular flexibility index (Phi) is 7.23. The molecule has 5 heteroatoms. The summed E-state index contributed by atoms with van der Waals surface area (Å²) in [4.78, 5) is 24.7. The van der Waals surface area contributed by atoms with E-state index in [4.69, 9.17) is 0 Å². The summed E-state index contributed by atoms with van der Waals surface area (Å²) in [6, 6.07) is 7.92. The summed E-state index contributed by atoms with van der Waals surface area (Å²) < 4.78 is 0. The zero-order valence-corrected chi connectivity index (χ0v) is 15.0. The molecule has 0 spiro atoms. The van der Waals surface area contributed by atoms with Gasteiger partial charge in [-0.25, -0.2) is 0 Å². The highest BCUT2D eigenvalue weighted by Gasteiger charge is 2.17. The average molecular weight is 320 g/mol. The Morgan fingerprint density at radius 1 is 1.00 bits per heavy atom. The molecule has 1 rings (SSSR count). The Labute approximate surface area is 139 Å². The summed E-state index contributed by atoms with van der Waals surface area (Å²) in [7, 11) is 0. The van der Waals surface area contributed by atoms with Crippen molar-refractivity contribution in [2.75, 3.05) is 31.5 Å². The molecule has 0 saturated carbocycles. The third-order valence-electron chi connectivity index (χ3n) is 3.73. The lowest BCUT2D eigenvalue weighted by Gasteiger charge is -2.19. The van der Waals surface area contributed by atoms with Gasteiger partial charge in [-0.15, -0.1) is 0 Å². The van der Waals surface area contributed by atoms with Gasteiger partial charge in [0.05, 0.1) is 6.54 Å². The highest BCUT2D eigenvalue weighted by molar-refractivity contribution is 5.91. The summed E-state index contributed by atoms with van der Waals surface area (Å²) in [6.45, 7) is 12.3. The minimum Gasteiger partial charge on any atom is -0.351 e. The Morgan fingerprint density at radius 3 is 2.04 bits per heavy atom. The molecule has 128 valence electrons. The van der Waals surface area contributed by atoms with Gasteiger partial charge in [0.15, 0.2) is 13.1 Å². The van der Waals surface area contributed by atoms with Crippen LogP contribution < -0.4 is 15.5 Å². The van der Waals surface area contributed by atoms with E-state index in [1.807, 2.05) is 38.1 Å². The van der Waals surface area contributed by atoms with Crippen molar-refractivity contribution >= 4 is 17.5 Å². The predicted molar refractivity (Wildman–Crippen MR) is 93.7 cm³/mol. The maximum Gasteiger partial charge on any atom is 0.279 e. The largest absolute Gasteiger partial charge is 0.351 e. The SMILES string of the molecule is CCNC(=O)C[NH+](CC)CC(=O)Nc1ccc(C(C)(C)C)cc1. The van der Waals surface area contributed by atoms with E-state index < -0.39 is 0 Å². The molecule has 0 aliphatic carbocycles. The Bertz CT molecular complexity index is 518. The van der Waals surface area contributed by atoms with Gasteiger partial charge in [0.2, 0.25) is 0 Å². The minimum atomic E-state index is -0.0744. The molecule has 5 nitrogen and oxygen atoms in total. The third-order valence-corrected chi connectivity index (χ3v) is 3.73. The number of benzene rings is 1. The molecular formula is C18H30N3O2+. The van der Waals surface area contributed by atoms with Gasteiger partial charge < -0.3 is 15.5 Å². The van der Waals surface area contributed by atoms with Crippen molar-refractivity contribution in [2.24, 2.45) is 0 Å². The zero-order valence-electron chi connectivity index (χ0n) is 15.0. The minimum absolute atomic E-state index is 0.0216. The van der Waals surface area contributed by atoms with E-state index in [0.29, 0.717) is 13.1 Å². The highest BCUT2D eigenvalue weighted by atomic mass is 16.2. The summed E-state index contributed by atoms with van der Waals surface area (Å²) in [5.41, 5.74) is 2.11. The monoisotopic (exact) mass is 320 g/mol. The molecule has 0 heterocycles. The molecule has 0 aromatic heterocycles. The van der Waals surface area contributed by atoms with Crippen molar-refractivity contribution < 1.29 is 14.5 Å². The first-order chi connectivity index (χ1) is 10.8. The van der Waals surface area contributed by atoms with Crippen LogP contribution in [0.2, 0.25) is 0 Å². The second-order valence-electron chi connectivity index (χ2n) is 6.79. The van der Waals surface area contributed by atoms with Gasteiger partial charge in [-0.3, -0.25) is 9.59 Å². The van der Waals surface area contributed by atoms with E-state index in [9.17, 15) is 9.59 Å². The number of rotatable bonds is 7. The van der Waals surface area contributed by atoms with Crippen LogP contribution in [0.5, 0.6) is 0 Å². The van der Waals surface area contributed by atoms with E-state index in [0.717, 1.165) is 17.1 Å². The lowest BCUT2D eigenvalue weighted by atomic mass is 9.87. The van der Waals surface area contributed by atoms with Crippen LogP contribution in [0.15, 0.2) is 24.3 Å². The van der Waals surface area contributed by atoms with Crippen LogP contribution in [0.4, 0.5) is 5.69 Å². The molecule has 0 radical (unpaired) electrons. The summed E-state index contributed by atoms with van der Waals surface area (Å²) >= 11 is 0. The number of likely N-dealkylation sites (N-methyl/N-ethyl adjacent to an activating group) is 2. The van der Waals surface area contributed by atoms with Gasteiger partial charge in [-0.2, -0.15) is 0 Å². The quantitative estimate of drug-likeness (QED) is 0.701. The van der Waals surface area contributed by atoms with Gasteiger partial charge in [-0.05, 0) is 37.0 Å². The van der Waals surface area contributed by atoms with Crippen LogP contribution >= 0.6 is 0 Å². The van der Waals surface area contributed by atoms with Crippen molar-refractivity contribution in [3.05, 3.63) is 29.8 Å². The van der Waals surface area contributed by atoms with Crippen LogP contribution in [0.3, 0.4) is 0 Å². The molecule has 0 fully saturated rings. The highest BCUT2D eigenvalue weighted by Crippen LogP contribution is 2.23. The number of hydrogen-bond acceptors (Lipinski definition) is 2. The molecule has 0 aliphatic rings. The lowest BCUT2D eigenvalue weighted by Crippen LogP contribution is -3.14. The maximum absolute atomic E-state index is 12.1. The second kappa shape index (κ2) is 8.67. The molecule has 3 N–H and O–H groups in total. The summed E-state index contributed by atoms with van der Waals surface area (Å²) in [6.07, 6.45) is 0. The van der Waals surface area contributed by atoms with Crippen molar-refractivity contribution in [3.63, 3.8) is 0 Å². The fourth-order valence-electron chi connectivity index (χ4n) is 2.29. The van der Waals surface area contributed by atoms with Crippen LogP contribution in [0.1, 0.15) is 40.2 Å². The number of quaternary nitrogens is 1. The maximum atomic E-state index is 12.1. The molecule has 23 heavy (non-hydrogen) atoms. The topological polar surface area (TPSA) is 62.6 Å². The van der Waals surface area contributed by atoms with Gasteiger partial charge in [0.1, 0.15) is 0 Å². The van der Waals surface area contributed by atoms with Crippen molar-refractivity contribution in [2.45, 2.75) is 40.0 Å². The first-order valence-corrected chi connectivity index (χ1v) is 8.27. The molecule has 1 aromatic rings. The lowest BCUT2D eigenvalue weighted by molar-refractivity contribution is -0.881.